The lowest BCUT2D eigenvalue weighted by Gasteiger charge is -2.30. The summed E-state index contributed by atoms with van der Waals surface area (Å²) >= 11 is 2.80. The van der Waals surface area contributed by atoms with E-state index in [-0.39, 0.29) is 17.6 Å². The molecule has 1 fully saturated rings. The molecule has 2 aromatic rings. The number of terminal acetylenes is 1. The molecule has 0 saturated carbocycles. The van der Waals surface area contributed by atoms with Crippen LogP contribution >= 0.6 is 23.1 Å². The first-order chi connectivity index (χ1) is 13.5. The standard InChI is InChI=1S/C21H25N3O2S2/c1-4-9-24-17-8-7-15(2)11-18(17)28-21(24)22-19(25)13-27-14-20(26)23-10-5-6-16(3)12-23/h1,7-8,11,16H,5-6,9-10,12-14H2,2-3H3. The fourth-order valence-corrected chi connectivity index (χ4v) is 5.22. The van der Waals surface area contributed by atoms with Crippen molar-refractivity contribution in [1.82, 2.24) is 9.47 Å². The molecule has 2 amide bonds. The van der Waals surface area contributed by atoms with Gasteiger partial charge in [0.1, 0.15) is 0 Å². The molecule has 0 radical (unpaired) electrons. The van der Waals surface area contributed by atoms with E-state index in [9.17, 15) is 9.59 Å². The third-order valence-corrected chi connectivity index (χ3v) is 6.71. The van der Waals surface area contributed by atoms with E-state index in [0.717, 1.165) is 35.3 Å². The van der Waals surface area contributed by atoms with Crippen molar-refractivity contribution in [2.24, 2.45) is 10.9 Å². The van der Waals surface area contributed by atoms with Crippen LogP contribution in [0.15, 0.2) is 23.2 Å². The van der Waals surface area contributed by atoms with E-state index in [1.54, 1.807) is 0 Å². The van der Waals surface area contributed by atoms with Gasteiger partial charge in [0.2, 0.25) is 5.91 Å². The van der Waals surface area contributed by atoms with Crippen LogP contribution in [0.25, 0.3) is 10.2 Å². The predicted molar refractivity (Wildman–Crippen MR) is 116 cm³/mol. The second kappa shape index (κ2) is 9.44. The number of thiazole rings is 1. The minimum Gasteiger partial charge on any atom is -0.342 e. The maximum absolute atomic E-state index is 12.4. The van der Waals surface area contributed by atoms with Gasteiger partial charge in [-0.05, 0) is 43.4 Å². The Kier molecular flexibility index (Phi) is 6.97. The van der Waals surface area contributed by atoms with Gasteiger partial charge in [0.25, 0.3) is 5.91 Å². The van der Waals surface area contributed by atoms with Gasteiger partial charge in [0.05, 0.1) is 28.3 Å². The second-order valence-corrected chi connectivity index (χ2v) is 9.23. The molecule has 0 aliphatic carbocycles. The molecule has 28 heavy (non-hydrogen) atoms. The van der Waals surface area contributed by atoms with Crippen LogP contribution in [-0.2, 0) is 16.1 Å². The SMILES string of the molecule is C#CCn1c(=NC(=O)CSCC(=O)N2CCCC(C)C2)sc2cc(C)ccc21. The van der Waals surface area contributed by atoms with Crippen LogP contribution in [0.3, 0.4) is 0 Å². The number of thioether (sulfide) groups is 1. The molecular formula is C21H25N3O2S2. The van der Waals surface area contributed by atoms with E-state index in [2.05, 4.69) is 23.9 Å². The van der Waals surface area contributed by atoms with Gasteiger partial charge in [-0.15, -0.1) is 18.2 Å². The Labute approximate surface area is 173 Å². The van der Waals surface area contributed by atoms with Crippen molar-refractivity contribution in [3.05, 3.63) is 28.6 Å². The van der Waals surface area contributed by atoms with Crippen LogP contribution in [0.2, 0.25) is 0 Å². The number of benzene rings is 1. The van der Waals surface area contributed by atoms with Gasteiger partial charge in [-0.2, -0.15) is 4.99 Å². The van der Waals surface area contributed by atoms with E-state index >= 15 is 0 Å². The summed E-state index contributed by atoms with van der Waals surface area (Å²) in [6.07, 6.45) is 7.74. The Bertz CT molecular complexity index is 984. The Morgan fingerprint density at radius 3 is 2.96 bits per heavy atom. The van der Waals surface area contributed by atoms with Crippen molar-refractivity contribution in [2.45, 2.75) is 33.2 Å². The smallest absolute Gasteiger partial charge is 0.258 e. The van der Waals surface area contributed by atoms with E-state index in [1.807, 2.05) is 28.5 Å². The van der Waals surface area contributed by atoms with Crippen molar-refractivity contribution in [2.75, 3.05) is 24.6 Å². The minimum atomic E-state index is -0.237. The average molecular weight is 416 g/mol. The molecule has 3 rings (SSSR count). The molecular weight excluding hydrogens is 390 g/mol. The molecule has 7 heteroatoms. The highest BCUT2D eigenvalue weighted by Crippen LogP contribution is 2.19. The minimum absolute atomic E-state index is 0.115. The van der Waals surface area contributed by atoms with Crippen molar-refractivity contribution in [3.63, 3.8) is 0 Å². The Morgan fingerprint density at radius 2 is 2.21 bits per heavy atom. The number of fused-ring (bicyclic) bond motifs is 1. The third kappa shape index (κ3) is 5.06. The molecule has 2 heterocycles. The van der Waals surface area contributed by atoms with Crippen molar-refractivity contribution < 1.29 is 9.59 Å². The quantitative estimate of drug-likeness (QED) is 0.706. The van der Waals surface area contributed by atoms with Gasteiger partial charge >= 0.3 is 0 Å². The average Bonchev–Trinajstić information content (AvgIpc) is 2.98. The highest BCUT2D eigenvalue weighted by atomic mass is 32.2. The molecule has 0 N–H and O–H groups in total. The topological polar surface area (TPSA) is 54.7 Å². The first kappa shape index (κ1) is 20.7. The maximum Gasteiger partial charge on any atom is 0.258 e. The number of rotatable bonds is 5. The summed E-state index contributed by atoms with van der Waals surface area (Å²) in [6, 6.07) is 6.11. The first-order valence-electron chi connectivity index (χ1n) is 9.44. The molecule has 1 aromatic carbocycles. The lowest BCUT2D eigenvalue weighted by atomic mass is 10.0. The zero-order chi connectivity index (χ0) is 20.1. The number of amides is 2. The van der Waals surface area contributed by atoms with Crippen LogP contribution < -0.4 is 4.80 Å². The van der Waals surface area contributed by atoms with Crippen LogP contribution in [0.4, 0.5) is 0 Å². The summed E-state index contributed by atoms with van der Waals surface area (Å²) in [7, 11) is 0. The van der Waals surface area contributed by atoms with Gasteiger partial charge < -0.3 is 9.47 Å². The number of piperidine rings is 1. The number of aryl methyl sites for hydroxylation is 1. The van der Waals surface area contributed by atoms with Gasteiger partial charge in [-0.25, -0.2) is 0 Å². The largest absolute Gasteiger partial charge is 0.342 e. The number of carbonyl (C=O) groups is 2. The molecule has 0 bridgehead atoms. The third-order valence-electron chi connectivity index (χ3n) is 4.77. The fraction of sp³-hybridized carbons (Fsp3) is 0.476. The second-order valence-electron chi connectivity index (χ2n) is 7.23. The van der Waals surface area contributed by atoms with E-state index in [4.69, 9.17) is 6.42 Å². The lowest BCUT2D eigenvalue weighted by molar-refractivity contribution is -0.130. The fourth-order valence-electron chi connectivity index (χ4n) is 3.38. The normalized spacial score (nSPS) is 17.7. The molecule has 1 aliphatic rings. The van der Waals surface area contributed by atoms with Gasteiger partial charge in [-0.1, -0.05) is 30.2 Å². The van der Waals surface area contributed by atoms with Crippen LogP contribution in [0.1, 0.15) is 25.3 Å². The molecule has 1 aromatic heterocycles. The number of nitrogens with zero attached hydrogens (tertiary/aromatic N) is 3. The molecule has 1 aliphatic heterocycles. The van der Waals surface area contributed by atoms with Gasteiger partial charge in [-0.3, -0.25) is 9.59 Å². The molecule has 1 saturated heterocycles. The van der Waals surface area contributed by atoms with Crippen LogP contribution in [0.5, 0.6) is 0 Å². The molecule has 148 valence electrons. The number of aromatic nitrogens is 1. The van der Waals surface area contributed by atoms with E-state index in [0.29, 0.717) is 23.0 Å². The van der Waals surface area contributed by atoms with Gasteiger partial charge in [0.15, 0.2) is 4.80 Å². The Morgan fingerprint density at radius 1 is 1.39 bits per heavy atom. The van der Waals surface area contributed by atoms with Crippen molar-refractivity contribution in [1.29, 1.82) is 0 Å². The zero-order valence-corrected chi connectivity index (χ0v) is 17.9. The van der Waals surface area contributed by atoms with E-state index < -0.39 is 0 Å². The lowest BCUT2D eigenvalue weighted by Crippen LogP contribution is -2.40. The monoisotopic (exact) mass is 415 g/mol. The van der Waals surface area contributed by atoms with Crippen molar-refractivity contribution in [3.8, 4) is 12.3 Å². The molecule has 5 nitrogen and oxygen atoms in total. The molecule has 1 unspecified atom stereocenters. The predicted octanol–water partition coefficient (Wildman–Crippen LogP) is 3.06. The number of hydrogen-bond donors (Lipinski definition) is 0. The van der Waals surface area contributed by atoms with Crippen LogP contribution in [0, 0.1) is 25.2 Å². The Balaban J connectivity index is 1.65. The number of hydrogen-bond acceptors (Lipinski definition) is 4. The summed E-state index contributed by atoms with van der Waals surface area (Å²) in [6.45, 7) is 6.23. The molecule has 0 spiro atoms. The summed E-state index contributed by atoms with van der Waals surface area (Å²) in [5.74, 6) is 3.58. The zero-order valence-electron chi connectivity index (χ0n) is 16.3. The first-order valence-corrected chi connectivity index (χ1v) is 11.4. The number of carbonyl (C=O) groups excluding carboxylic acids is 2. The summed E-state index contributed by atoms with van der Waals surface area (Å²) in [4.78, 5) is 31.5. The van der Waals surface area contributed by atoms with Gasteiger partial charge in [0, 0.05) is 13.1 Å². The van der Waals surface area contributed by atoms with Crippen LogP contribution in [-0.4, -0.2) is 45.9 Å². The summed E-state index contributed by atoms with van der Waals surface area (Å²) < 4.78 is 2.95. The highest BCUT2D eigenvalue weighted by Gasteiger charge is 2.20. The van der Waals surface area contributed by atoms with E-state index in [1.165, 1.54) is 29.5 Å². The Hall–Kier alpha value is -2.04. The number of likely N-dealkylation sites (tertiary alicyclic amines) is 1. The maximum atomic E-state index is 12.4. The summed E-state index contributed by atoms with van der Waals surface area (Å²) in [5.41, 5.74) is 2.14. The summed E-state index contributed by atoms with van der Waals surface area (Å²) in [5, 5.41) is 0. The van der Waals surface area contributed by atoms with Crippen molar-refractivity contribution >= 4 is 45.1 Å². The highest BCUT2D eigenvalue weighted by molar-refractivity contribution is 8.00. The molecule has 1 atom stereocenters.